The van der Waals surface area contributed by atoms with Gasteiger partial charge in [-0.2, -0.15) is 0 Å². The Labute approximate surface area is 114 Å². The summed E-state index contributed by atoms with van der Waals surface area (Å²) in [4.78, 5) is 0. The van der Waals surface area contributed by atoms with E-state index in [4.69, 9.17) is 4.74 Å². The molecule has 0 radical (unpaired) electrons. The van der Waals surface area contributed by atoms with Crippen LogP contribution in [0.15, 0.2) is 12.1 Å². The molecule has 0 aliphatic rings. The number of rotatable bonds is 8. The van der Waals surface area contributed by atoms with Gasteiger partial charge in [-0.25, -0.2) is 8.78 Å². The molecule has 0 bridgehead atoms. The third kappa shape index (κ3) is 4.46. The van der Waals surface area contributed by atoms with Crippen LogP contribution in [0.4, 0.5) is 8.78 Å². The summed E-state index contributed by atoms with van der Waals surface area (Å²) >= 11 is 0. The van der Waals surface area contributed by atoms with Gasteiger partial charge in [-0.05, 0) is 13.0 Å². The first-order valence-corrected chi connectivity index (χ1v) is 6.90. The third-order valence-electron chi connectivity index (χ3n) is 3.18. The fourth-order valence-corrected chi connectivity index (χ4v) is 2.21. The fraction of sp³-hybridized carbons (Fsp3) is 0.600. The lowest BCUT2D eigenvalue weighted by molar-refractivity contribution is 0.397. The summed E-state index contributed by atoms with van der Waals surface area (Å²) in [5.41, 5.74) is 0.124. The van der Waals surface area contributed by atoms with E-state index in [9.17, 15) is 8.78 Å². The van der Waals surface area contributed by atoms with Gasteiger partial charge >= 0.3 is 0 Å². The van der Waals surface area contributed by atoms with Crippen molar-refractivity contribution in [1.29, 1.82) is 0 Å². The number of nitrogens with one attached hydrogen (secondary N) is 1. The van der Waals surface area contributed by atoms with E-state index in [2.05, 4.69) is 12.2 Å². The van der Waals surface area contributed by atoms with E-state index in [0.717, 1.165) is 25.7 Å². The van der Waals surface area contributed by atoms with E-state index in [1.54, 1.807) is 0 Å². The Bertz CT molecular complexity index is 373. The summed E-state index contributed by atoms with van der Waals surface area (Å²) in [6, 6.07) is 2.20. The summed E-state index contributed by atoms with van der Waals surface area (Å²) in [5.74, 6) is -0.874. The highest BCUT2D eigenvalue weighted by atomic mass is 19.1. The van der Waals surface area contributed by atoms with Crippen molar-refractivity contribution in [2.75, 3.05) is 13.7 Å². The second-order valence-corrected chi connectivity index (χ2v) is 4.61. The largest absolute Gasteiger partial charge is 0.497 e. The minimum absolute atomic E-state index is 0.124. The van der Waals surface area contributed by atoms with Gasteiger partial charge < -0.3 is 10.1 Å². The highest BCUT2D eigenvalue weighted by Gasteiger charge is 2.20. The summed E-state index contributed by atoms with van der Waals surface area (Å²) in [6.07, 6.45) is 3.86. The molecular weight excluding hydrogens is 248 g/mol. The number of hydrogen-bond acceptors (Lipinski definition) is 2. The molecule has 19 heavy (non-hydrogen) atoms. The zero-order valence-corrected chi connectivity index (χ0v) is 11.9. The predicted octanol–water partition coefficient (Wildman–Crippen LogP) is 4.20. The van der Waals surface area contributed by atoms with Gasteiger partial charge in [-0.3, -0.25) is 0 Å². The predicted molar refractivity (Wildman–Crippen MR) is 73.5 cm³/mol. The molecule has 1 aromatic carbocycles. The smallest absolute Gasteiger partial charge is 0.134 e. The fourth-order valence-electron chi connectivity index (χ4n) is 2.21. The topological polar surface area (TPSA) is 21.3 Å². The summed E-state index contributed by atoms with van der Waals surface area (Å²) in [7, 11) is 1.40. The summed E-state index contributed by atoms with van der Waals surface area (Å²) in [6.45, 7) is 4.73. The molecule has 1 rings (SSSR count). The highest BCUT2D eigenvalue weighted by molar-refractivity contribution is 5.32. The maximum absolute atomic E-state index is 14.0. The molecule has 0 aromatic heterocycles. The first-order valence-electron chi connectivity index (χ1n) is 6.90. The van der Waals surface area contributed by atoms with Crippen LogP contribution in [0.25, 0.3) is 0 Å². The zero-order valence-electron chi connectivity index (χ0n) is 11.9. The van der Waals surface area contributed by atoms with E-state index < -0.39 is 11.6 Å². The summed E-state index contributed by atoms with van der Waals surface area (Å²) < 4.78 is 32.9. The normalized spacial score (nSPS) is 12.5. The van der Waals surface area contributed by atoms with Crippen LogP contribution >= 0.6 is 0 Å². The van der Waals surface area contributed by atoms with Crippen LogP contribution in [0.3, 0.4) is 0 Å². The van der Waals surface area contributed by atoms with Crippen molar-refractivity contribution in [3.05, 3.63) is 29.3 Å². The first kappa shape index (κ1) is 15.9. The number of halogens is 2. The van der Waals surface area contributed by atoms with Gasteiger partial charge in [0.15, 0.2) is 0 Å². The minimum atomic E-state index is -0.542. The molecule has 1 atom stereocenters. The van der Waals surface area contributed by atoms with E-state index >= 15 is 0 Å². The quantitative estimate of drug-likeness (QED) is 0.715. The minimum Gasteiger partial charge on any atom is -0.497 e. The number of benzene rings is 1. The molecule has 108 valence electrons. The number of unbranched alkanes of at least 4 members (excludes halogenated alkanes) is 2. The van der Waals surface area contributed by atoms with Crippen molar-refractivity contribution in [1.82, 2.24) is 5.32 Å². The van der Waals surface area contributed by atoms with Gasteiger partial charge in [0.25, 0.3) is 0 Å². The van der Waals surface area contributed by atoms with Crippen LogP contribution in [0.2, 0.25) is 0 Å². The van der Waals surface area contributed by atoms with Gasteiger partial charge in [0.2, 0.25) is 0 Å². The monoisotopic (exact) mass is 271 g/mol. The van der Waals surface area contributed by atoms with E-state index in [0.29, 0.717) is 6.54 Å². The van der Waals surface area contributed by atoms with Gasteiger partial charge in [0.1, 0.15) is 17.4 Å². The molecule has 1 N–H and O–H groups in total. The zero-order chi connectivity index (χ0) is 14.3. The van der Waals surface area contributed by atoms with Crippen molar-refractivity contribution in [2.45, 2.75) is 45.6 Å². The van der Waals surface area contributed by atoms with E-state index in [1.165, 1.54) is 19.2 Å². The SMILES string of the molecule is CCCCCC(NCC)c1c(F)cc(OC)cc1F. The van der Waals surface area contributed by atoms with Crippen LogP contribution in [0.5, 0.6) is 5.75 Å². The Morgan fingerprint density at radius 3 is 2.26 bits per heavy atom. The Hall–Kier alpha value is -1.16. The van der Waals surface area contributed by atoms with Gasteiger partial charge in [0.05, 0.1) is 7.11 Å². The Morgan fingerprint density at radius 2 is 1.79 bits per heavy atom. The molecular formula is C15H23F2NO. The Balaban J connectivity index is 2.94. The molecule has 0 saturated carbocycles. The Morgan fingerprint density at radius 1 is 1.16 bits per heavy atom. The maximum Gasteiger partial charge on any atom is 0.134 e. The molecule has 0 saturated heterocycles. The standard InChI is InChI=1S/C15H23F2NO/c1-4-6-7-8-14(18-5-2)15-12(16)9-11(19-3)10-13(15)17/h9-10,14,18H,4-8H2,1-3H3. The van der Waals surface area contributed by atoms with Crippen LogP contribution in [-0.4, -0.2) is 13.7 Å². The summed E-state index contributed by atoms with van der Waals surface area (Å²) in [5, 5.41) is 3.16. The van der Waals surface area contributed by atoms with E-state index in [-0.39, 0.29) is 17.4 Å². The highest BCUT2D eigenvalue weighted by Crippen LogP contribution is 2.28. The van der Waals surface area contributed by atoms with Gasteiger partial charge in [0, 0.05) is 23.7 Å². The first-order chi connectivity index (χ1) is 9.13. The van der Waals surface area contributed by atoms with Crippen molar-refractivity contribution in [3.63, 3.8) is 0 Å². The lowest BCUT2D eigenvalue weighted by Crippen LogP contribution is -2.23. The van der Waals surface area contributed by atoms with Crippen LogP contribution in [0.1, 0.15) is 51.1 Å². The average Bonchev–Trinajstić information content (AvgIpc) is 2.38. The molecule has 0 amide bonds. The second kappa shape index (κ2) is 8.10. The lowest BCUT2D eigenvalue weighted by atomic mass is 9.99. The molecule has 0 aliphatic heterocycles. The van der Waals surface area contributed by atoms with Crippen LogP contribution in [0, 0.1) is 11.6 Å². The number of ether oxygens (including phenoxy) is 1. The van der Waals surface area contributed by atoms with E-state index in [1.807, 2.05) is 6.92 Å². The number of methoxy groups -OCH3 is 1. The van der Waals surface area contributed by atoms with Crippen molar-refractivity contribution in [3.8, 4) is 5.75 Å². The van der Waals surface area contributed by atoms with Crippen LogP contribution in [-0.2, 0) is 0 Å². The molecule has 1 aromatic rings. The molecule has 0 heterocycles. The third-order valence-corrected chi connectivity index (χ3v) is 3.18. The van der Waals surface area contributed by atoms with Gasteiger partial charge in [-0.15, -0.1) is 0 Å². The van der Waals surface area contributed by atoms with Crippen molar-refractivity contribution in [2.24, 2.45) is 0 Å². The molecule has 4 heteroatoms. The Kier molecular flexibility index (Phi) is 6.78. The van der Waals surface area contributed by atoms with Crippen molar-refractivity contribution < 1.29 is 13.5 Å². The second-order valence-electron chi connectivity index (χ2n) is 4.61. The van der Waals surface area contributed by atoms with Crippen LogP contribution < -0.4 is 10.1 Å². The maximum atomic E-state index is 14.0. The lowest BCUT2D eigenvalue weighted by Gasteiger charge is -2.20. The average molecular weight is 271 g/mol. The molecule has 0 fully saturated rings. The number of hydrogen-bond donors (Lipinski definition) is 1. The van der Waals surface area contributed by atoms with Crippen molar-refractivity contribution >= 4 is 0 Å². The molecule has 0 spiro atoms. The molecule has 0 aliphatic carbocycles. The molecule has 1 unspecified atom stereocenters. The molecule has 2 nitrogen and oxygen atoms in total. The van der Waals surface area contributed by atoms with Gasteiger partial charge in [-0.1, -0.05) is 33.1 Å².